The number of phenols is 1. The highest BCUT2D eigenvalue weighted by Gasteiger charge is 2.15. The zero-order valence-electron chi connectivity index (χ0n) is 15.5. The van der Waals surface area contributed by atoms with E-state index in [0.717, 1.165) is 0 Å². The van der Waals surface area contributed by atoms with Gasteiger partial charge in [0.05, 0.1) is 23.0 Å². The minimum absolute atomic E-state index is 0.122. The number of hydrogen-bond donors (Lipinski definition) is 3. The molecule has 2 amide bonds. The number of nitrogens with one attached hydrogen (secondary N) is 2. The number of hydrogen-bond acceptors (Lipinski definition) is 4. The molecule has 0 atom stereocenters. The molecule has 3 N–H and O–H groups in total. The summed E-state index contributed by atoms with van der Waals surface area (Å²) in [6.07, 6.45) is 1.44. The molecule has 0 bridgehead atoms. The Balaban J connectivity index is 1.73. The second-order valence-electron chi connectivity index (χ2n) is 6.22. The van der Waals surface area contributed by atoms with E-state index in [1.807, 2.05) is 0 Å². The van der Waals surface area contributed by atoms with Crippen molar-refractivity contribution in [3.05, 3.63) is 94.8 Å². The van der Waals surface area contributed by atoms with Crippen LogP contribution in [0.2, 0.25) is 0 Å². The van der Waals surface area contributed by atoms with Crippen LogP contribution in [0.1, 0.15) is 31.8 Å². The quantitative estimate of drug-likeness (QED) is 0.456. The molecule has 6 nitrogen and oxygen atoms in total. The van der Waals surface area contributed by atoms with Crippen LogP contribution in [0.3, 0.4) is 0 Å². The fourth-order valence-electron chi connectivity index (χ4n) is 2.61. The van der Waals surface area contributed by atoms with E-state index >= 15 is 0 Å². The Kier molecular flexibility index (Phi) is 5.99. The lowest BCUT2D eigenvalue weighted by molar-refractivity contribution is 0.0956. The van der Waals surface area contributed by atoms with Gasteiger partial charge in [0, 0.05) is 0 Å². The Morgan fingerprint density at radius 1 is 0.966 bits per heavy atom. The second kappa shape index (κ2) is 8.79. The highest BCUT2D eigenvalue weighted by Crippen LogP contribution is 2.18. The van der Waals surface area contributed by atoms with E-state index in [1.54, 1.807) is 43.3 Å². The van der Waals surface area contributed by atoms with E-state index in [2.05, 4.69) is 15.8 Å². The molecule has 0 spiro atoms. The van der Waals surface area contributed by atoms with Gasteiger partial charge in [0.25, 0.3) is 11.8 Å². The topological polar surface area (TPSA) is 90.8 Å². The largest absolute Gasteiger partial charge is 0.508 e. The van der Waals surface area contributed by atoms with Crippen molar-refractivity contribution in [2.45, 2.75) is 6.92 Å². The Hall–Kier alpha value is -4.00. The average molecular weight is 391 g/mol. The zero-order chi connectivity index (χ0) is 20.8. The SMILES string of the molecule is Cc1cc(C=NNC(=O)c2ccccc2NC(=O)c2ccccc2F)ccc1O. The Morgan fingerprint density at radius 3 is 2.38 bits per heavy atom. The Labute approximate surface area is 166 Å². The minimum Gasteiger partial charge on any atom is -0.508 e. The summed E-state index contributed by atoms with van der Waals surface area (Å²) in [6, 6.07) is 16.8. The number of carbonyl (C=O) groups is 2. The fourth-order valence-corrected chi connectivity index (χ4v) is 2.61. The zero-order valence-corrected chi connectivity index (χ0v) is 15.5. The molecule has 0 saturated heterocycles. The maximum absolute atomic E-state index is 13.8. The molecule has 0 aromatic heterocycles. The third kappa shape index (κ3) is 4.84. The number of nitrogens with zero attached hydrogens (tertiary/aromatic N) is 1. The molecule has 0 aliphatic rings. The molecule has 29 heavy (non-hydrogen) atoms. The first-order valence-electron chi connectivity index (χ1n) is 8.73. The fraction of sp³-hybridized carbons (Fsp3) is 0.0455. The molecule has 146 valence electrons. The molecule has 3 aromatic carbocycles. The maximum Gasteiger partial charge on any atom is 0.273 e. The van der Waals surface area contributed by atoms with E-state index < -0.39 is 17.6 Å². The molecule has 3 aromatic rings. The van der Waals surface area contributed by atoms with Crippen molar-refractivity contribution in [1.29, 1.82) is 0 Å². The number of amides is 2. The van der Waals surface area contributed by atoms with Crippen molar-refractivity contribution < 1.29 is 19.1 Å². The Morgan fingerprint density at radius 2 is 1.66 bits per heavy atom. The van der Waals surface area contributed by atoms with E-state index in [1.165, 1.54) is 36.5 Å². The number of hydrazone groups is 1. The number of aromatic hydroxyl groups is 1. The first kappa shape index (κ1) is 19.8. The third-order valence-electron chi connectivity index (χ3n) is 4.14. The van der Waals surface area contributed by atoms with E-state index in [0.29, 0.717) is 11.1 Å². The molecule has 0 heterocycles. The lowest BCUT2D eigenvalue weighted by atomic mass is 10.1. The number of benzene rings is 3. The predicted molar refractivity (Wildman–Crippen MR) is 109 cm³/mol. The third-order valence-corrected chi connectivity index (χ3v) is 4.14. The van der Waals surface area contributed by atoms with Crippen LogP contribution < -0.4 is 10.7 Å². The van der Waals surface area contributed by atoms with Gasteiger partial charge in [-0.15, -0.1) is 0 Å². The van der Waals surface area contributed by atoms with Gasteiger partial charge in [-0.2, -0.15) is 5.10 Å². The summed E-state index contributed by atoms with van der Waals surface area (Å²) in [5.74, 6) is -1.68. The van der Waals surface area contributed by atoms with Gasteiger partial charge in [-0.05, 0) is 60.5 Å². The van der Waals surface area contributed by atoms with Gasteiger partial charge in [-0.1, -0.05) is 24.3 Å². The number of para-hydroxylation sites is 1. The number of carbonyl (C=O) groups excluding carboxylic acids is 2. The lowest BCUT2D eigenvalue weighted by Gasteiger charge is -2.10. The minimum atomic E-state index is -0.661. The first-order valence-corrected chi connectivity index (χ1v) is 8.73. The number of rotatable bonds is 5. The standard InChI is InChI=1S/C22H18FN3O3/c1-14-12-15(10-11-20(14)27)13-24-26-22(29)17-7-3-5-9-19(17)25-21(28)16-6-2-4-8-18(16)23/h2-13,27H,1H3,(H,25,28)(H,26,29). The molecule has 0 radical (unpaired) electrons. The summed E-state index contributed by atoms with van der Waals surface area (Å²) in [5.41, 5.74) is 4.05. The van der Waals surface area contributed by atoms with Gasteiger partial charge in [-0.25, -0.2) is 9.82 Å². The molecular weight excluding hydrogens is 373 g/mol. The second-order valence-corrected chi connectivity index (χ2v) is 6.22. The van der Waals surface area contributed by atoms with Crippen LogP contribution in [-0.2, 0) is 0 Å². The molecular formula is C22H18FN3O3. The average Bonchev–Trinajstić information content (AvgIpc) is 2.71. The van der Waals surface area contributed by atoms with Gasteiger partial charge >= 0.3 is 0 Å². The summed E-state index contributed by atoms with van der Waals surface area (Å²) in [7, 11) is 0. The summed E-state index contributed by atoms with van der Waals surface area (Å²) >= 11 is 0. The Bertz CT molecular complexity index is 1100. The van der Waals surface area contributed by atoms with Crippen LogP contribution in [0, 0.1) is 12.7 Å². The van der Waals surface area contributed by atoms with E-state index in [4.69, 9.17) is 0 Å². The number of aryl methyl sites for hydroxylation is 1. The summed E-state index contributed by atoms with van der Waals surface area (Å²) in [6.45, 7) is 1.75. The van der Waals surface area contributed by atoms with Gasteiger partial charge in [0.1, 0.15) is 11.6 Å². The van der Waals surface area contributed by atoms with Crippen molar-refractivity contribution in [3.8, 4) is 5.75 Å². The molecule has 0 aliphatic carbocycles. The van der Waals surface area contributed by atoms with Crippen LogP contribution in [-0.4, -0.2) is 23.1 Å². The molecule has 3 rings (SSSR count). The van der Waals surface area contributed by atoms with Crippen LogP contribution in [0.4, 0.5) is 10.1 Å². The highest BCUT2D eigenvalue weighted by molar-refractivity contribution is 6.09. The monoisotopic (exact) mass is 391 g/mol. The molecule has 7 heteroatoms. The normalized spacial score (nSPS) is 10.7. The first-order chi connectivity index (χ1) is 14.0. The number of anilines is 1. The van der Waals surface area contributed by atoms with E-state index in [9.17, 15) is 19.1 Å². The lowest BCUT2D eigenvalue weighted by Crippen LogP contribution is -2.21. The van der Waals surface area contributed by atoms with Gasteiger partial charge in [-0.3, -0.25) is 9.59 Å². The summed E-state index contributed by atoms with van der Waals surface area (Å²) in [5, 5.41) is 16.0. The van der Waals surface area contributed by atoms with Crippen molar-refractivity contribution in [1.82, 2.24) is 5.43 Å². The smallest absolute Gasteiger partial charge is 0.273 e. The maximum atomic E-state index is 13.8. The van der Waals surface area contributed by atoms with Crippen LogP contribution in [0.15, 0.2) is 71.8 Å². The summed E-state index contributed by atoms with van der Waals surface area (Å²) < 4.78 is 13.8. The molecule has 0 aliphatic heterocycles. The number of halogens is 1. The van der Waals surface area contributed by atoms with E-state index in [-0.39, 0.29) is 22.6 Å². The predicted octanol–water partition coefficient (Wildman–Crippen LogP) is 3.86. The van der Waals surface area contributed by atoms with Crippen LogP contribution in [0.25, 0.3) is 0 Å². The number of phenolic OH excluding ortho intramolecular Hbond substituents is 1. The van der Waals surface area contributed by atoms with Crippen molar-refractivity contribution in [2.24, 2.45) is 5.10 Å². The van der Waals surface area contributed by atoms with Crippen molar-refractivity contribution >= 4 is 23.7 Å². The van der Waals surface area contributed by atoms with Crippen molar-refractivity contribution in [3.63, 3.8) is 0 Å². The van der Waals surface area contributed by atoms with Crippen LogP contribution >= 0.6 is 0 Å². The highest BCUT2D eigenvalue weighted by atomic mass is 19.1. The molecule has 0 fully saturated rings. The van der Waals surface area contributed by atoms with Gasteiger partial charge in [0.2, 0.25) is 0 Å². The molecule has 0 saturated carbocycles. The summed E-state index contributed by atoms with van der Waals surface area (Å²) in [4.78, 5) is 24.8. The van der Waals surface area contributed by atoms with Gasteiger partial charge in [0.15, 0.2) is 0 Å². The van der Waals surface area contributed by atoms with Gasteiger partial charge < -0.3 is 10.4 Å². The molecule has 0 unspecified atom stereocenters. The van der Waals surface area contributed by atoms with Crippen molar-refractivity contribution in [2.75, 3.05) is 5.32 Å². The van der Waals surface area contributed by atoms with Crippen LogP contribution in [0.5, 0.6) is 5.75 Å².